The fraction of sp³-hybridized carbons (Fsp3) is 0.314. The second-order valence-corrected chi connectivity index (χ2v) is 11.9. The van der Waals surface area contributed by atoms with Gasteiger partial charge in [0.15, 0.2) is 6.10 Å². The highest BCUT2D eigenvalue weighted by molar-refractivity contribution is 6.30. The predicted octanol–water partition coefficient (Wildman–Crippen LogP) is 6.82. The molecule has 1 fully saturated rings. The number of nitrogens with zero attached hydrogens (tertiary/aromatic N) is 2. The van der Waals surface area contributed by atoms with Crippen LogP contribution in [-0.2, 0) is 25.5 Å². The number of aliphatic hydroxyl groups is 1. The Kier molecular flexibility index (Phi) is 11.9. The fourth-order valence-electron chi connectivity index (χ4n) is 5.29. The van der Waals surface area contributed by atoms with E-state index in [9.17, 15) is 28.3 Å². The molecule has 1 amide bonds. The molecule has 2 N–H and O–H groups in total. The number of hydrogen-bond donors (Lipinski definition) is 2. The van der Waals surface area contributed by atoms with E-state index in [2.05, 4.69) is 10.6 Å². The number of ether oxygens (including phenoxy) is 3. The van der Waals surface area contributed by atoms with E-state index in [0.717, 1.165) is 32.1 Å². The van der Waals surface area contributed by atoms with Gasteiger partial charge in [0, 0.05) is 35.7 Å². The lowest BCUT2D eigenvalue weighted by Crippen LogP contribution is -2.48. The summed E-state index contributed by atoms with van der Waals surface area (Å²) in [5.41, 5.74) is 4.19. The first-order valence-corrected chi connectivity index (χ1v) is 16.0. The first-order chi connectivity index (χ1) is 23.5. The van der Waals surface area contributed by atoms with Crippen molar-refractivity contribution in [2.75, 3.05) is 6.54 Å². The lowest BCUT2D eigenvalue weighted by atomic mass is 9.98. The fourth-order valence-corrected chi connectivity index (χ4v) is 5.46. The molecule has 1 aliphatic rings. The van der Waals surface area contributed by atoms with Gasteiger partial charge in [0.2, 0.25) is 12.1 Å². The summed E-state index contributed by atoms with van der Waals surface area (Å²) in [6.45, 7) is 0.763. The number of rotatable bonds is 12. The Morgan fingerprint density at radius 1 is 0.980 bits per heavy atom. The van der Waals surface area contributed by atoms with Crippen LogP contribution in [0.4, 0.5) is 13.6 Å². The molecule has 2 atom stereocenters. The largest absolute Gasteiger partial charge is 0.511 e. The maximum absolute atomic E-state index is 14.4. The van der Waals surface area contributed by atoms with Gasteiger partial charge in [-0.1, -0.05) is 59.6 Å². The molecule has 1 heterocycles. The van der Waals surface area contributed by atoms with E-state index in [-0.39, 0.29) is 35.2 Å². The molecule has 11 nitrogen and oxygen atoms in total. The van der Waals surface area contributed by atoms with E-state index in [0.29, 0.717) is 16.1 Å². The quantitative estimate of drug-likeness (QED) is 0.0920. The first kappa shape index (κ1) is 35.5. The Morgan fingerprint density at radius 2 is 1.69 bits per heavy atom. The zero-order chi connectivity index (χ0) is 34.9. The van der Waals surface area contributed by atoms with Gasteiger partial charge in [-0.25, -0.2) is 23.4 Å². The van der Waals surface area contributed by atoms with Crippen molar-refractivity contribution in [3.63, 3.8) is 0 Å². The van der Waals surface area contributed by atoms with Crippen LogP contribution in [0.5, 0.6) is 0 Å². The number of esters is 1. The summed E-state index contributed by atoms with van der Waals surface area (Å²) in [6, 6.07) is 17.9. The maximum Gasteiger partial charge on any atom is 0.511 e. The topological polar surface area (TPSA) is 140 Å². The van der Waals surface area contributed by atoms with Gasteiger partial charge in [0.05, 0.1) is 6.54 Å². The average molecular weight is 698 g/mol. The Balaban J connectivity index is 1.26. The molecule has 258 valence electrons. The van der Waals surface area contributed by atoms with Gasteiger partial charge in [-0.05, 0) is 67.1 Å². The number of hydrogen-bond acceptors (Lipinski definition) is 10. The minimum Gasteiger partial charge on any atom is -0.431 e. The third-order valence-electron chi connectivity index (χ3n) is 7.73. The Labute approximate surface area is 285 Å². The second-order valence-electron chi connectivity index (χ2n) is 11.5. The molecule has 1 aliphatic carbocycles. The van der Waals surface area contributed by atoms with Crippen LogP contribution < -0.4 is 5.43 Å². The highest BCUT2D eigenvalue weighted by Gasteiger charge is 2.27. The van der Waals surface area contributed by atoms with Crippen LogP contribution in [0.15, 0.2) is 77.3 Å². The molecule has 0 spiro atoms. The summed E-state index contributed by atoms with van der Waals surface area (Å²) in [4.78, 5) is 38.1. The zero-order valence-corrected chi connectivity index (χ0v) is 27.2. The number of aliphatic hydroxyl groups excluding tert-OH is 1. The van der Waals surface area contributed by atoms with Gasteiger partial charge in [-0.2, -0.15) is 0 Å². The summed E-state index contributed by atoms with van der Waals surface area (Å²) < 4.78 is 49.3. The van der Waals surface area contributed by atoms with Crippen molar-refractivity contribution in [1.82, 2.24) is 15.6 Å². The van der Waals surface area contributed by atoms with Crippen molar-refractivity contribution in [3.8, 4) is 22.4 Å². The Bertz CT molecular complexity index is 1760. The van der Waals surface area contributed by atoms with Crippen LogP contribution in [0, 0.1) is 11.6 Å². The summed E-state index contributed by atoms with van der Waals surface area (Å²) in [6.07, 6.45) is -0.0398. The molecule has 1 aromatic heterocycles. The van der Waals surface area contributed by atoms with Gasteiger partial charge < -0.3 is 23.8 Å². The average Bonchev–Trinajstić information content (AvgIpc) is 3.57. The van der Waals surface area contributed by atoms with Crippen molar-refractivity contribution >= 4 is 29.6 Å². The van der Waals surface area contributed by atoms with Crippen LogP contribution in [-0.4, -0.2) is 58.3 Å². The minimum absolute atomic E-state index is 0.0531. The molecule has 1 saturated carbocycles. The molecule has 5 rings (SSSR count). The van der Waals surface area contributed by atoms with E-state index in [1.807, 2.05) is 0 Å². The van der Waals surface area contributed by atoms with Gasteiger partial charge in [-0.3, -0.25) is 10.2 Å². The third kappa shape index (κ3) is 9.84. The number of halogens is 3. The van der Waals surface area contributed by atoms with Gasteiger partial charge in [0.1, 0.15) is 23.4 Å². The van der Waals surface area contributed by atoms with Crippen molar-refractivity contribution < 1.29 is 47.0 Å². The van der Waals surface area contributed by atoms with Crippen molar-refractivity contribution in [2.24, 2.45) is 0 Å². The number of carbonyl (C=O) groups excluding carboxylic acids is 3. The molecular weight excluding hydrogens is 664 g/mol. The summed E-state index contributed by atoms with van der Waals surface area (Å²) in [7, 11) is 0. The van der Waals surface area contributed by atoms with Crippen LogP contribution in [0.2, 0.25) is 5.02 Å². The third-order valence-corrected chi connectivity index (χ3v) is 7.97. The molecule has 0 radical (unpaired) electrons. The van der Waals surface area contributed by atoms with Crippen LogP contribution in [0.25, 0.3) is 22.4 Å². The summed E-state index contributed by atoms with van der Waals surface area (Å²) in [5.74, 6) is -3.24. The van der Waals surface area contributed by atoms with E-state index < -0.39 is 48.6 Å². The molecule has 0 aliphatic heterocycles. The molecule has 4 aromatic rings. The SMILES string of the molecule is CC(OC(=O)OC1CCCCC1)OC(=O)[C@H](O)CN(Cc1ccc(-c2cc(Cl)ccc2F)cc1)NC(=O)c1cc(-c2ccccc2F)no1. The molecule has 1 unspecified atom stereocenters. The number of aromatic nitrogens is 1. The normalized spacial score (nSPS) is 14.6. The van der Waals surface area contributed by atoms with Crippen LogP contribution in [0.1, 0.15) is 55.1 Å². The molecule has 3 aromatic carbocycles. The Hall–Kier alpha value is -4.85. The summed E-state index contributed by atoms with van der Waals surface area (Å²) >= 11 is 6.04. The van der Waals surface area contributed by atoms with Crippen molar-refractivity contribution in [3.05, 3.63) is 101 Å². The van der Waals surface area contributed by atoms with Crippen molar-refractivity contribution in [2.45, 2.75) is 64.1 Å². The number of benzene rings is 3. The van der Waals surface area contributed by atoms with Gasteiger partial charge in [0.25, 0.3) is 0 Å². The van der Waals surface area contributed by atoms with Crippen molar-refractivity contribution in [1.29, 1.82) is 0 Å². The second kappa shape index (κ2) is 16.5. The first-order valence-electron chi connectivity index (χ1n) is 15.6. The zero-order valence-electron chi connectivity index (χ0n) is 26.4. The smallest absolute Gasteiger partial charge is 0.431 e. The van der Waals surface area contributed by atoms with E-state index in [1.54, 1.807) is 30.3 Å². The van der Waals surface area contributed by atoms with E-state index in [4.69, 9.17) is 30.3 Å². The number of carbonyl (C=O) groups is 3. The lowest BCUT2D eigenvalue weighted by Gasteiger charge is -2.25. The predicted molar refractivity (Wildman–Crippen MR) is 173 cm³/mol. The number of nitrogens with one attached hydrogen (secondary N) is 1. The molecule has 49 heavy (non-hydrogen) atoms. The highest BCUT2D eigenvalue weighted by atomic mass is 35.5. The van der Waals surface area contributed by atoms with E-state index in [1.165, 1.54) is 54.4 Å². The summed E-state index contributed by atoms with van der Waals surface area (Å²) in [5, 5.41) is 16.1. The number of hydrazine groups is 1. The molecular formula is C35H34ClF2N3O8. The van der Waals surface area contributed by atoms with Crippen LogP contribution in [0.3, 0.4) is 0 Å². The van der Waals surface area contributed by atoms with E-state index >= 15 is 0 Å². The van der Waals surface area contributed by atoms with Crippen LogP contribution >= 0.6 is 11.6 Å². The lowest BCUT2D eigenvalue weighted by molar-refractivity contribution is -0.179. The number of amides is 1. The maximum atomic E-state index is 14.4. The molecule has 14 heteroatoms. The standard InChI is InChI=1S/C35H34ClF2N3O8/c1-21(47-35(45)48-25-7-3-2-4-8-25)46-34(44)31(42)20-41(19-22-11-13-23(14-12-22)27-17-24(36)15-16-29(27)38)39-33(43)32-18-30(40-49-32)26-9-5-6-10-28(26)37/h5-6,9-18,21,25,31,42H,2-4,7-8,19-20H2,1H3,(H,39,43)/t21?,31-/m1/s1. The molecule has 0 bridgehead atoms. The minimum atomic E-state index is -1.82. The Morgan fingerprint density at radius 3 is 2.43 bits per heavy atom. The monoisotopic (exact) mass is 697 g/mol. The highest BCUT2D eigenvalue weighted by Crippen LogP contribution is 2.27. The van der Waals surface area contributed by atoms with Gasteiger partial charge >= 0.3 is 18.0 Å². The molecule has 0 saturated heterocycles. The van der Waals surface area contributed by atoms with Gasteiger partial charge in [-0.15, -0.1) is 0 Å².